The summed E-state index contributed by atoms with van der Waals surface area (Å²) in [4.78, 5) is 10.8. The number of carbonyl (C=O) groups is 1. The smallest absolute Gasteiger partial charge is 0.335 e. The maximum atomic E-state index is 10.8. The number of hydrogen-bond donors (Lipinski definition) is 3. The van der Waals surface area contributed by atoms with E-state index in [0.717, 1.165) is 15.8 Å². The Morgan fingerprint density at radius 2 is 1.37 bits per heavy atom. The summed E-state index contributed by atoms with van der Waals surface area (Å²) >= 11 is 3.38. The van der Waals surface area contributed by atoms with Crippen molar-refractivity contribution in [2.24, 2.45) is 0 Å². The van der Waals surface area contributed by atoms with Crippen LogP contribution in [-0.2, 0) is 0 Å². The number of halogens is 1. The maximum absolute atomic E-state index is 10.8. The van der Waals surface area contributed by atoms with Crippen molar-refractivity contribution < 1.29 is 29.6 Å². The van der Waals surface area contributed by atoms with Gasteiger partial charge in [0.15, 0.2) is 0 Å². The van der Waals surface area contributed by atoms with Crippen LogP contribution in [0.3, 0.4) is 0 Å². The molecule has 2 heterocycles. The first-order valence-electron chi connectivity index (χ1n) is 9.78. The molecule has 2 aliphatic heterocycles. The third kappa shape index (κ3) is 5.14. The van der Waals surface area contributed by atoms with Gasteiger partial charge in [-0.2, -0.15) is 0 Å². The molecule has 2 aliphatic rings. The topological polar surface area (TPSA) is 96.2 Å². The van der Waals surface area contributed by atoms with Gasteiger partial charge < -0.3 is 24.8 Å². The molecule has 4 rings (SSSR count). The summed E-state index contributed by atoms with van der Waals surface area (Å²) in [5, 5.41) is 28.7. The lowest BCUT2D eigenvalue weighted by molar-refractivity contribution is 0.0108. The molecule has 2 aromatic rings. The van der Waals surface area contributed by atoms with E-state index >= 15 is 0 Å². The van der Waals surface area contributed by atoms with E-state index in [0.29, 0.717) is 24.2 Å². The second-order valence-corrected chi connectivity index (χ2v) is 9.82. The van der Waals surface area contributed by atoms with Crippen LogP contribution in [0.5, 0.6) is 11.5 Å². The fraction of sp³-hybridized carbons (Fsp3) is 0.435. The maximum Gasteiger partial charge on any atom is 0.335 e. The van der Waals surface area contributed by atoms with E-state index in [9.17, 15) is 15.0 Å². The lowest BCUT2D eigenvalue weighted by Crippen LogP contribution is -2.34. The van der Waals surface area contributed by atoms with E-state index in [1.54, 1.807) is 6.07 Å². The predicted octanol–water partition coefficient (Wildman–Crippen LogP) is 5.02. The number of hydrogen-bond acceptors (Lipinski definition) is 5. The predicted molar refractivity (Wildman–Crippen MR) is 116 cm³/mol. The van der Waals surface area contributed by atoms with Gasteiger partial charge in [0.1, 0.15) is 22.7 Å². The number of carboxylic acid groups (broad SMARTS) is 1. The molecule has 7 heteroatoms. The molecule has 0 fully saturated rings. The summed E-state index contributed by atoms with van der Waals surface area (Å²) in [6, 6.07) is 10.3. The first kappa shape index (κ1) is 22.6. The minimum atomic E-state index is -1.00. The van der Waals surface area contributed by atoms with Crippen LogP contribution in [0, 0.1) is 0 Å². The molecule has 0 saturated carbocycles. The average Bonchev–Trinajstić information content (AvgIpc) is 2.61. The fourth-order valence-corrected chi connectivity index (χ4v) is 4.12. The Labute approximate surface area is 184 Å². The summed E-state index contributed by atoms with van der Waals surface area (Å²) in [7, 11) is 0. The van der Waals surface area contributed by atoms with Gasteiger partial charge in [-0.05, 0) is 64.1 Å². The molecule has 0 aliphatic carbocycles. The van der Waals surface area contributed by atoms with E-state index in [2.05, 4.69) is 15.9 Å². The largest absolute Gasteiger partial charge is 0.487 e. The van der Waals surface area contributed by atoms with Gasteiger partial charge in [0.25, 0.3) is 0 Å². The van der Waals surface area contributed by atoms with Crippen LogP contribution in [0.1, 0.15) is 74.2 Å². The Bertz CT molecular complexity index is 953. The molecule has 2 unspecified atom stereocenters. The highest BCUT2D eigenvalue weighted by Crippen LogP contribution is 2.41. The highest BCUT2D eigenvalue weighted by Gasteiger charge is 2.33. The molecule has 0 amide bonds. The fourth-order valence-electron chi connectivity index (χ4n) is 3.74. The second kappa shape index (κ2) is 8.21. The van der Waals surface area contributed by atoms with Crippen LogP contribution in [0.4, 0.5) is 0 Å². The minimum Gasteiger partial charge on any atom is -0.487 e. The van der Waals surface area contributed by atoms with Crippen LogP contribution in [0.15, 0.2) is 40.9 Å². The van der Waals surface area contributed by atoms with Crippen molar-refractivity contribution in [3.05, 3.63) is 57.6 Å². The standard InChI is InChI=1S/C12H14O4.C11H13BrO2/c1-12(2)6-9(13)8-5-7(11(14)15)3-4-10(8)16-12;1-11(2)6-9(13)8-5-7(12)3-4-10(8)14-11/h3-5,9,13H,6H2,1-2H3,(H,14,15);3-5,9,13H,6H2,1-2H3. The molecule has 6 nitrogen and oxygen atoms in total. The molecule has 3 N–H and O–H groups in total. The zero-order chi connectivity index (χ0) is 22.3. The molecule has 162 valence electrons. The lowest BCUT2D eigenvalue weighted by atomic mass is 9.91. The van der Waals surface area contributed by atoms with Gasteiger partial charge in [-0.15, -0.1) is 0 Å². The van der Waals surface area contributed by atoms with E-state index in [1.165, 1.54) is 12.1 Å². The van der Waals surface area contributed by atoms with Crippen molar-refractivity contribution in [3.8, 4) is 11.5 Å². The highest BCUT2D eigenvalue weighted by molar-refractivity contribution is 9.10. The highest BCUT2D eigenvalue weighted by atomic mass is 79.9. The molecule has 0 aromatic heterocycles. The van der Waals surface area contributed by atoms with Crippen LogP contribution in [0.2, 0.25) is 0 Å². The van der Waals surface area contributed by atoms with Crippen LogP contribution in [0.25, 0.3) is 0 Å². The number of ether oxygens (including phenoxy) is 2. The van der Waals surface area contributed by atoms with E-state index in [1.807, 2.05) is 45.9 Å². The van der Waals surface area contributed by atoms with E-state index < -0.39 is 23.8 Å². The summed E-state index contributed by atoms with van der Waals surface area (Å²) < 4.78 is 12.4. The third-order valence-corrected chi connectivity index (χ3v) is 5.58. The first-order chi connectivity index (χ1) is 13.9. The van der Waals surface area contributed by atoms with Crippen molar-refractivity contribution in [2.75, 3.05) is 0 Å². The molecule has 0 saturated heterocycles. The van der Waals surface area contributed by atoms with Gasteiger partial charge in [-0.1, -0.05) is 15.9 Å². The van der Waals surface area contributed by atoms with E-state index in [4.69, 9.17) is 14.6 Å². The molecule has 0 spiro atoms. The SMILES string of the molecule is CC1(C)CC(O)c2cc(Br)ccc2O1.CC1(C)CC(O)c2cc(C(=O)O)ccc2O1. The first-order valence-corrected chi connectivity index (χ1v) is 10.6. The quantitative estimate of drug-likeness (QED) is 0.532. The minimum absolute atomic E-state index is 0.168. The van der Waals surface area contributed by atoms with Crippen LogP contribution >= 0.6 is 15.9 Å². The molecule has 0 radical (unpaired) electrons. The van der Waals surface area contributed by atoms with Gasteiger partial charge in [0.2, 0.25) is 0 Å². The van der Waals surface area contributed by atoms with Crippen LogP contribution in [-0.4, -0.2) is 32.5 Å². The second-order valence-electron chi connectivity index (χ2n) is 8.90. The molecular formula is C23H27BrO6. The molecule has 2 aromatic carbocycles. The van der Waals surface area contributed by atoms with Gasteiger partial charge in [-0.25, -0.2) is 4.79 Å². The Morgan fingerprint density at radius 3 is 1.87 bits per heavy atom. The number of rotatable bonds is 1. The third-order valence-electron chi connectivity index (χ3n) is 5.09. The van der Waals surface area contributed by atoms with Crippen molar-refractivity contribution in [2.45, 2.75) is 63.9 Å². The molecular weight excluding hydrogens is 452 g/mol. The number of aliphatic hydroxyl groups excluding tert-OH is 2. The molecule has 0 bridgehead atoms. The Kier molecular flexibility index (Phi) is 6.18. The van der Waals surface area contributed by atoms with Gasteiger partial charge in [0, 0.05) is 28.4 Å². The number of aliphatic hydroxyl groups is 2. The van der Waals surface area contributed by atoms with Gasteiger partial charge in [0.05, 0.1) is 17.8 Å². The van der Waals surface area contributed by atoms with Gasteiger partial charge >= 0.3 is 5.97 Å². The number of carboxylic acids is 1. The average molecular weight is 479 g/mol. The number of benzene rings is 2. The zero-order valence-electron chi connectivity index (χ0n) is 17.5. The van der Waals surface area contributed by atoms with Crippen molar-refractivity contribution in [1.29, 1.82) is 0 Å². The van der Waals surface area contributed by atoms with Crippen molar-refractivity contribution >= 4 is 21.9 Å². The Morgan fingerprint density at radius 1 is 0.900 bits per heavy atom. The van der Waals surface area contributed by atoms with Crippen molar-refractivity contribution in [3.63, 3.8) is 0 Å². The summed E-state index contributed by atoms with van der Waals surface area (Å²) in [5.74, 6) is 0.352. The summed E-state index contributed by atoms with van der Waals surface area (Å²) in [6.07, 6.45) is 0.00351. The number of aromatic carboxylic acids is 1. The molecule has 2 atom stereocenters. The summed E-state index contributed by atoms with van der Waals surface area (Å²) in [5.41, 5.74) is 0.899. The lowest BCUT2D eigenvalue weighted by Gasteiger charge is -2.35. The summed E-state index contributed by atoms with van der Waals surface area (Å²) in [6.45, 7) is 7.76. The van der Waals surface area contributed by atoms with Crippen LogP contribution < -0.4 is 9.47 Å². The molecule has 30 heavy (non-hydrogen) atoms. The Balaban J connectivity index is 0.000000172. The van der Waals surface area contributed by atoms with E-state index in [-0.39, 0.29) is 11.2 Å². The van der Waals surface area contributed by atoms with Gasteiger partial charge in [-0.3, -0.25) is 0 Å². The normalized spacial score (nSPS) is 22.9. The van der Waals surface area contributed by atoms with Crippen molar-refractivity contribution in [1.82, 2.24) is 0 Å². The number of fused-ring (bicyclic) bond motifs is 2. The monoisotopic (exact) mass is 478 g/mol. The zero-order valence-corrected chi connectivity index (χ0v) is 19.1. The Hall–Kier alpha value is -2.09.